The number of para-hydroxylation sites is 1. The lowest BCUT2D eigenvalue weighted by Crippen LogP contribution is -2.15. The van der Waals surface area contributed by atoms with Crippen LogP contribution >= 0.6 is 0 Å². The van der Waals surface area contributed by atoms with Crippen molar-refractivity contribution >= 4 is 10.9 Å². The summed E-state index contributed by atoms with van der Waals surface area (Å²) in [7, 11) is 0. The van der Waals surface area contributed by atoms with Gasteiger partial charge in [0.2, 0.25) is 0 Å². The van der Waals surface area contributed by atoms with Crippen LogP contribution in [0, 0.1) is 0 Å². The van der Waals surface area contributed by atoms with Crippen LogP contribution < -0.4 is 11.0 Å². The van der Waals surface area contributed by atoms with Gasteiger partial charge in [-0.05, 0) is 29.8 Å². The second-order valence-electron chi connectivity index (χ2n) is 6.77. The Morgan fingerprint density at radius 2 is 1.50 bits per heavy atom. The van der Waals surface area contributed by atoms with Crippen molar-refractivity contribution in [3.8, 4) is 16.9 Å². The lowest BCUT2D eigenvalue weighted by molar-refractivity contribution is 0.805. The molecule has 5 heteroatoms. The third-order valence-corrected chi connectivity index (χ3v) is 4.99. The molecule has 2 aliphatic rings. The topological polar surface area (TPSA) is 59.8 Å². The maximum Gasteiger partial charge on any atom is 0.280 e. The molecule has 1 aliphatic carbocycles. The number of fused-ring (bicyclic) bond motifs is 3. The third-order valence-electron chi connectivity index (χ3n) is 4.99. The van der Waals surface area contributed by atoms with Crippen LogP contribution in [-0.2, 0) is 6.54 Å². The van der Waals surface area contributed by atoms with E-state index in [0.29, 0.717) is 23.0 Å². The fraction of sp³-hybridized carbons (Fsp3) is 0.0435. The molecule has 2 heterocycles. The normalized spacial score (nSPS) is 11.3. The monoisotopic (exact) mass is 367 g/mol. The number of aromatic nitrogens is 3. The number of nitrogens with zero attached hydrogens (tertiary/aromatic N) is 2. The van der Waals surface area contributed by atoms with Crippen LogP contribution in [0.1, 0.15) is 5.56 Å². The molecule has 1 aliphatic heterocycles. The first-order valence-corrected chi connectivity index (χ1v) is 9.08. The maximum atomic E-state index is 13.1. The van der Waals surface area contributed by atoms with E-state index in [4.69, 9.17) is 0 Å². The molecule has 5 nitrogen and oxygen atoms in total. The summed E-state index contributed by atoms with van der Waals surface area (Å²) in [6.07, 6.45) is 1.84. The van der Waals surface area contributed by atoms with Crippen molar-refractivity contribution in [2.75, 3.05) is 0 Å². The second kappa shape index (κ2) is 6.39. The Balaban J connectivity index is 1.82. The Labute approximate surface area is 160 Å². The Bertz CT molecular complexity index is 1360. The first-order valence-electron chi connectivity index (χ1n) is 9.08. The summed E-state index contributed by atoms with van der Waals surface area (Å²) >= 11 is 0. The van der Waals surface area contributed by atoms with E-state index in [0.717, 1.165) is 16.9 Å². The second-order valence-corrected chi connectivity index (χ2v) is 6.77. The maximum absolute atomic E-state index is 13.1. The van der Waals surface area contributed by atoms with E-state index in [1.807, 2.05) is 77.5 Å². The van der Waals surface area contributed by atoms with Crippen molar-refractivity contribution in [1.82, 2.24) is 14.3 Å². The van der Waals surface area contributed by atoms with E-state index >= 15 is 0 Å². The van der Waals surface area contributed by atoms with Crippen LogP contribution in [0.5, 0.6) is 0 Å². The van der Waals surface area contributed by atoms with Gasteiger partial charge in [-0.3, -0.25) is 14.7 Å². The van der Waals surface area contributed by atoms with Crippen LogP contribution in [0.3, 0.4) is 0 Å². The molecule has 0 atom stereocenters. The molecule has 3 aromatic rings. The Morgan fingerprint density at radius 1 is 0.786 bits per heavy atom. The highest BCUT2D eigenvalue weighted by Crippen LogP contribution is 2.26. The van der Waals surface area contributed by atoms with Crippen molar-refractivity contribution in [2.24, 2.45) is 0 Å². The summed E-state index contributed by atoms with van der Waals surface area (Å²) in [4.78, 5) is 25.8. The zero-order valence-corrected chi connectivity index (χ0v) is 15.0. The van der Waals surface area contributed by atoms with Crippen LogP contribution in [0.15, 0.2) is 94.6 Å². The summed E-state index contributed by atoms with van der Waals surface area (Å²) < 4.78 is 3.46. The molecular weight excluding hydrogens is 350 g/mol. The van der Waals surface area contributed by atoms with Crippen molar-refractivity contribution in [1.29, 1.82) is 0 Å². The van der Waals surface area contributed by atoms with Crippen LogP contribution in [-0.4, -0.2) is 14.3 Å². The molecule has 1 N–H and O–H groups in total. The number of hydrogen-bond donors (Lipinski definition) is 1. The Hall–Kier alpha value is -3.86. The number of nitrogens with one attached hydrogen (secondary N) is 1. The molecule has 2 aromatic carbocycles. The van der Waals surface area contributed by atoms with Gasteiger partial charge in [0.05, 0.1) is 27.8 Å². The molecule has 0 saturated carbocycles. The fourth-order valence-electron chi connectivity index (χ4n) is 3.67. The standard InChI is InChI=1S/C23H17N3O2/c27-20-13-7-12-19-21(20)22-18(15-25(19)14-16-8-3-1-4-9-16)23(28)26(24-22)17-10-5-2-6-11-17/h1-13,15,24H,14H2. The van der Waals surface area contributed by atoms with E-state index in [9.17, 15) is 9.59 Å². The van der Waals surface area contributed by atoms with E-state index in [1.165, 1.54) is 10.7 Å². The molecule has 136 valence electrons. The van der Waals surface area contributed by atoms with E-state index < -0.39 is 0 Å². The van der Waals surface area contributed by atoms with Crippen molar-refractivity contribution in [3.05, 3.63) is 111 Å². The molecular formula is C23H17N3O2. The van der Waals surface area contributed by atoms with Gasteiger partial charge >= 0.3 is 0 Å². The van der Waals surface area contributed by atoms with Gasteiger partial charge in [0.1, 0.15) is 0 Å². The van der Waals surface area contributed by atoms with Gasteiger partial charge in [0.25, 0.3) is 5.56 Å². The molecule has 0 radical (unpaired) electrons. The molecule has 0 saturated heterocycles. The highest BCUT2D eigenvalue weighted by Gasteiger charge is 2.19. The largest absolute Gasteiger partial charge is 0.342 e. The summed E-state index contributed by atoms with van der Waals surface area (Å²) in [6, 6.07) is 24.6. The number of pyridine rings is 1. The van der Waals surface area contributed by atoms with Gasteiger partial charge in [0.15, 0.2) is 5.43 Å². The van der Waals surface area contributed by atoms with Crippen molar-refractivity contribution in [3.63, 3.8) is 0 Å². The number of benzene rings is 3. The lowest BCUT2D eigenvalue weighted by atomic mass is 10.1. The zero-order valence-electron chi connectivity index (χ0n) is 15.0. The van der Waals surface area contributed by atoms with Gasteiger partial charge in [-0.25, -0.2) is 4.68 Å². The summed E-state index contributed by atoms with van der Waals surface area (Å²) in [5.74, 6) is 0. The van der Waals surface area contributed by atoms with Gasteiger partial charge < -0.3 is 4.57 Å². The highest BCUT2D eigenvalue weighted by molar-refractivity contribution is 5.93. The Morgan fingerprint density at radius 3 is 2.25 bits per heavy atom. The minimum atomic E-state index is -0.173. The lowest BCUT2D eigenvalue weighted by Gasteiger charge is -2.16. The van der Waals surface area contributed by atoms with Gasteiger partial charge in [-0.2, -0.15) is 0 Å². The number of H-pyrrole nitrogens is 1. The van der Waals surface area contributed by atoms with Crippen LogP contribution in [0.2, 0.25) is 0 Å². The predicted molar refractivity (Wildman–Crippen MR) is 110 cm³/mol. The highest BCUT2D eigenvalue weighted by atomic mass is 16.1. The minimum absolute atomic E-state index is 0.105. The van der Waals surface area contributed by atoms with Crippen LogP contribution in [0.25, 0.3) is 27.8 Å². The molecule has 0 bridgehead atoms. The predicted octanol–water partition coefficient (Wildman–Crippen LogP) is 3.63. The molecule has 5 rings (SSSR count). The summed E-state index contributed by atoms with van der Waals surface area (Å²) in [5, 5.41) is 3.64. The van der Waals surface area contributed by atoms with E-state index in [1.54, 1.807) is 6.07 Å². The quantitative estimate of drug-likeness (QED) is 0.529. The van der Waals surface area contributed by atoms with E-state index in [2.05, 4.69) is 5.10 Å². The first kappa shape index (κ1) is 16.3. The number of hydrogen-bond acceptors (Lipinski definition) is 2. The van der Waals surface area contributed by atoms with E-state index in [-0.39, 0.29) is 11.0 Å². The molecule has 0 amide bonds. The van der Waals surface area contributed by atoms with Gasteiger partial charge in [-0.1, -0.05) is 54.6 Å². The first-order chi connectivity index (χ1) is 13.7. The average molecular weight is 367 g/mol. The molecule has 0 fully saturated rings. The number of aromatic amines is 1. The molecule has 1 aromatic heterocycles. The minimum Gasteiger partial charge on any atom is -0.342 e. The zero-order chi connectivity index (χ0) is 19.1. The molecule has 28 heavy (non-hydrogen) atoms. The molecule has 0 unspecified atom stereocenters. The fourth-order valence-corrected chi connectivity index (χ4v) is 3.67. The number of rotatable bonds is 3. The third kappa shape index (κ3) is 2.56. The summed E-state index contributed by atoms with van der Waals surface area (Å²) in [5.41, 5.74) is 3.45. The Kier molecular flexibility index (Phi) is 3.72. The SMILES string of the molecule is O=c1cccc2n(Cc3ccccc3)cc3c(=O)n(-c4ccccc4)[nH]c3c1-2. The average Bonchev–Trinajstić information content (AvgIpc) is 3.06. The molecule has 0 spiro atoms. The smallest absolute Gasteiger partial charge is 0.280 e. The van der Waals surface area contributed by atoms with Gasteiger partial charge in [-0.15, -0.1) is 0 Å². The van der Waals surface area contributed by atoms with Gasteiger partial charge in [0, 0.05) is 12.7 Å². The van der Waals surface area contributed by atoms with Crippen LogP contribution in [0.4, 0.5) is 0 Å². The van der Waals surface area contributed by atoms with Crippen molar-refractivity contribution < 1.29 is 0 Å². The summed E-state index contributed by atoms with van der Waals surface area (Å²) in [6.45, 7) is 0.576. The van der Waals surface area contributed by atoms with Crippen molar-refractivity contribution in [2.45, 2.75) is 6.54 Å².